The Kier molecular flexibility index (Phi) is 3.11. The van der Waals surface area contributed by atoms with Gasteiger partial charge < -0.3 is 0 Å². The molecule has 0 fully saturated rings. The SMILES string of the molecule is c1ccc2c(c1)Cc1ccc3c(c1-2)Cc1ccc2c(c1-3)c1ncccc1n1c3cccnc3nc21. The third kappa shape index (κ3) is 2.11. The molecule has 0 amide bonds. The third-order valence-corrected chi connectivity index (χ3v) is 7.93. The van der Waals surface area contributed by atoms with Gasteiger partial charge in [0.15, 0.2) is 5.65 Å². The molecule has 0 unspecified atom stereocenters. The molecule has 0 radical (unpaired) electrons. The van der Waals surface area contributed by atoms with Crippen molar-refractivity contribution < 1.29 is 0 Å². The molecular weight excluding hydrogens is 428 g/mol. The van der Waals surface area contributed by atoms with Crippen molar-refractivity contribution in [1.29, 1.82) is 0 Å². The molecule has 35 heavy (non-hydrogen) atoms. The number of hydrogen-bond donors (Lipinski definition) is 0. The van der Waals surface area contributed by atoms with Crippen LogP contribution in [0.15, 0.2) is 85.2 Å². The van der Waals surface area contributed by atoms with Crippen molar-refractivity contribution in [2.75, 3.05) is 0 Å². The number of hydrogen-bond acceptors (Lipinski definition) is 3. The molecule has 7 aromatic rings. The summed E-state index contributed by atoms with van der Waals surface area (Å²) in [5.74, 6) is 0. The highest BCUT2D eigenvalue weighted by atomic mass is 15.1. The van der Waals surface area contributed by atoms with E-state index in [0.29, 0.717) is 0 Å². The van der Waals surface area contributed by atoms with Crippen molar-refractivity contribution in [3.8, 4) is 22.3 Å². The van der Waals surface area contributed by atoms with Crippen LogP contribution in [-0.2, 0) is 12.8 Å². The minimum Gasteiger partial charge on any atom is -0.288 e. The molecule has 0 spiro atoms. The van der Waals surface area contributed by atoms with Gasteiger partial charge in [0.05, 0.1) is 16.6 Å². The van der Waals surface area contributed by atoms with E-state index in [1.165, 1.54) is 49.9 Å². The molecule has 0 atom stereocenters. The summed E-state index contributed by atoms with van der Waals surface area (Å²) in [6.07, 6.45) is 5.69. The maximum Gasteiger partial charge on any atom is 0.178 e. The Balaban J connectivity index is 1.47. The highest BCUT2D eigenvalue weighted by molar-refractivity contribution is 6.19. The monoisotopic (exact) mass is 446 g/mol. The first kappa shape index (κ1) is 17.8. The summed E-state index contributed by atoms with van der Waals surface area (Å²) >= 11 is 0. The molecule has 0 bridgehead atoms. The largest absolute Gasteiger partial charge is 0.288 e. The van der Waals surface area contributed by atoms with Crippen LogP contribution in [0.4, 0.5) is 0 Å². The van der Waals surface area contributed by atoms with Crippen molar-refractivity contribution in [2.24, 2.45) is 0 Å². The van der Waals surface area contributed by atoms with Crippen LogP contribution in [0.1, 0.15) is 22.3 Å². The fourth-order valence-electron chi connectivity index (χ4n) is 6.55. The number of benzene rings is 3. The lowest BCUT2D eigenvalue weighted by molar-refractivity contribution is 1.23. The summed E-state index contributed by atoms with van der Waals surface area (Å²) in [6, 6.07) is 26.3. The number of rotatable bonds is 0. The van der Waals surface area contributed by atoms with Gasteiger partial charge in [-0.3, -0.25) is 9.38 Å². The highest BCUT2D eigenvalue weighted by Gasteiger charge is 2.30. The van der Waals surface area contributed by atoms with E-state index in [-0.39, 0.29) is 0 Å². The Bertz CT molecular complexity index is 2070. The molecule has 162 valence electrons. The summed E-state index contributed by atoms with van der Waals surface area (Å²) in [5.41, 5.74) is 16.0. The molecule has 0 saturated heterocycles. The molecule has 2 aliphatic carbocycles. The Morgan fingerprint density at radius 3 is 2.43 bits per heavy atom. The summed E-state index contributed by atoms with van der Waals surface area (Å²) < 4.78 is 2.22. The van der Waals surface area contributed by atoms with Gasteiger partial charge in [-0.15, -0.1) is 0 Å². The van der Waals surface area contributed by atoms with Crippen LogP contribution in [0.25, 0.3) is 60.9 Å². The predicted octanol–water partition coefficient (Wildman–Crippen LogP) is 6.73. The van der Waals surface area contributed by atoms with Crippen molar-refractivity contribution in [1.82, 2.24) is 19.4 Å². The van der Waals surface area contributed by atoms with E-state index >= 15 is 0 Å². The molecule has 3 aromatic carbocycles. The second-order valence-electron chi connectivity index (χ2n) is 9.65. The lowest BCUT2D eigenvalue weighted by atomic mass is 9.93. The zero-order chi connectivity index (χ0) is 22.7. The Morgan fingerprint density at radius 2 is 1.46 bits per heavy atom. The first-order valence-corrected chi connectivity index (χ1v) is 12.1. The topological polar surface area (TPSA) is 43.1 Å². The van der Waals surface area contributed by atoms with E-state index in [4.69, 9.17) is 9.97 Å². The van der Waals surface area contributed by atoms with Crippen LogP contribution in [0.2, 0.25) is 0 Å². The quantitative estimate of drug-likeness (QED) is 0.243. The third-order valence-electron chi connectivity index (χ3n) is 7.93. The van der Waals surface area contributed by atoms with Crippen molar-refractivity contribution in [3.63, 3.8) is 0 Å². The van der Waals surface area contributed by atoms with Crippen molar-refractivity contribution in [2.45, 2.75) is 12.8 Å². The average molecular weight is 447 g/mol. The minimum absolute atomic E-state index is 0.764. The van der Waals surface area contributed by atoms with Gasteiger partial charge in [0.1, 0.15) is 5.65 Å². The molecule has 4 nitrogen and oxygen atoms in total. The number of aromatic nitrogens is 4. The minimum atomic E-state index is 0.764. The maximum absolute atomic E-state index is 4.99. The van der Waals surface area contributed by atoms with E-state index in [0.717, 1.165) is 46.1 Å². The zero-order valence-corrected chi connectivity index (χ0v) is 18.8. The molecule has 0 aliphatic heterocycles. The van der Waals surface area contributed by atoms with Gasteiger partial charge in [-0.2, -0.15) is 0 Å². The summed E-state index contributed by atoms with van der Waals surface area (Å²) in [7, 11) is 0. The standard InChI is InChI=1S/C31H18N4/c1-2-6-20-17(5-1)15-18-9-11-21-23(26(18)20)16-19-10-12-22-28(27(19)21)29-24(7-3-13-32-29)35-25-8-4-14-33-30(25)34-31(22)35/h1-14H,15-16H2. The van der Waals surface area contributed by atoms with Crippen LogP contribution < -0.4 is 0 Å². The highest BCUT2D eigenvalue weighted by Crippen LogP contribution is 2.50. The lowest BCUT2D eigenvalue weighted by Crippen LogP contribution is -1.95. The zero-order valence-electron chi connectivity index (χ0n) is 18.8. The molecule has 0 N–H and O–H groups in total. The first-order valence-electron chi connectivity index (χ1n) is 12.1. The normalized spacial score (nSPS) is 13.5. The van der Waals surface area contributed by atoms with E-state index in [1.807, 2.05) is 24.5 Å². The summed E-state index contributed by atoms with van der Waals surface area (Å²) in [5, 5.41) is 2.33. The number of imidazole rings is 1. The molecule has 2 aliphatic rings. The fraction of sp³-hybridized carbons (Fsp3) is 0.0645. The van der Waals surface area contributed by atoms with Gasteiger partial charge >= 0.3 is 0 Å². The number of nitrogens with zero attached hydrogens (tertiary/aromatic N) is 4. The fourth-order valence-corrected chi connectivity index (χ4v) is 6.55. The molecule has 4 heteroatoms. The second-order valence-corrected chi connectivity index (χ2v) is 9.65. The van der Waals surface area contributed by atoms with Gasteiger partial charge in [-0.05, 0) is 81.6 Å². The van der Waals surface area contributed by atoms with Crippen LogP contribution in [-0.4, -0.2) is 19.4 Å². The van der Waals surface area contributed by atoms with Crippen molar-refractivity contribution in [3.05, 3.63) is 107 Å². The van der Waals surface area contributed by atoms with Crippen molar-refractivity contribution >= 4 is 38.6 Å². The Morgan fingerprint density at radius 1 is 0.629 bits per heavy atom. The summed E-state index contributed by atoms with van der Waals surface area (Å²) in [4.78, 5) is 14.5. The number of fused-ring (bicyclic) bond motifs is 16. The van der Waals surface area contributed by atoms with E-state index in [1.54, 1.807) is 0 Å². The van der Waals surface area contributed by atoms with Crippen LogP contribution in [0.3, 0.4) is 0 Å². The van der Waals surface area contributed by atoms with Gasteiger partial charge in [0.2, 0.25) is 0 Å². The Labute approximate surface area is 200 Å². The predicted molar refractivity (Wildman–Crippen MR) is 140 cm³/mol. The van der Waals surface area contributed by atoms with Gasteiger partial charge in [-0.1, -0.05) is 48.5 Å². The summed E-state index contributed by atoms with van der Waals surface area (Å²) in [6.45, 7) is 0. The van der Waals surface area contributed by atoms with Gasteiger partial charge in [-0.25, -0.2) is 9.97 Å². The molecule has 4 heterocycles. The van der Waals surface area contributed by atoms with E-state index in [2.05, 4.69) is 70.0 Å². The number of pyridine rings is 3. The van der Waals surface area contributed by atoms with E-state index < -0.39 is 0 Å². The smallest absolute Gasteiger partial charge is 0.178 e. The first-order chi connectivity index (χ1) is 17.4. The van der Waals surface area contributed by atoms with Gasteiger partial charge in [0.25, 0.3) is 0 Å². The Hall–Kier alpha value is -4.57. The van der Waals surface area contributed by atoms with E-state index in [9.17, 15) is 0 Å². The molecule has 9 rings (SSSR count). The molecule has 4 aromatic heterocycles. The van der Waals surface area contributed by atoms with Gasteiger partial charge in [0, 0.05) is 23.2 Å². The van der Waals surface area contributed by atoms with Crippen LogP contribution >= 0.6 is 0 Å². The second kappa shape index (κ2) is 6.10. The average Bonchev–Trinajstić information content (AvgIpc) is 3.59. The lowest BCUT2D eigenvalue weighted by Gasteiger charge is -2.13. The molecular formula is C31H18N4. The molecule has 0 saturated carbocycles. The maximum atomic E-state index is 4.99. The van der Waals surface area contributed by atoms with Crippen LogP contribution in [0.5, 0.6) is 0 Å². The van der Waals surface area contributed by atoms with Crippen LogP contribution in [0, 0.1) is 0 Å².